The molecule has 0 bridgehead atoms. The van der Waals surface area contributed by atoms with Gasteiger partial charge < -0.3 is 23.8 Å². The topological polar surface area (TPSA) is 103 Å². The van der Waals surface area contributed by atoms with E-state index in [1.54, 1.807) is 22.9 Å². The van der Waals surface area contributed by atoms with Gasteiger partial charge in [0.25, 0.3) is 5.91 Å². The Hall–Kier alpha value is -3.93. The quantitative estimate of drug-likeness (QED) is 0.148. The van der Waals surface area contributed by atoms with Crippen molar-refractivity contribution in [1.29, 1.82) is 0 Å². The van der Waals surface area contributed by atoms with Crippen LogP contribution >= 0.6 is 0 Å². The number of ether oxygens (including phenoxy) is 1. The maximum absolute atomic E-state index is 16.5. The predicted molar refractivity (Wildman–Crippen MR) is 205 cm³/mol. The van der Waals surface area contributed by atoms with Crippen LogP contribution in [0.4, 0.5) is 15.5 Å². The summed E-state index contributed by atoms with van der Waals surface area (Å²) in [5, 5.41) is 16.1. The lowest BCUT2D eigenvalue weighted by Gasteiger charge is -2.31. The monoisotopic (exact) mass is 728 g/mol. The summed E-state index contributed by atoms with van der Waals surface area (Å²) < 4.78 is 23.5. The Bertz CT molecular complexity index is 1780. The fraction of sp³-hybridized carbons (Fsp3) is 0.512. The van der Waals surface area contributed by atoms with Gasteiger partial charge in [0.05, 0.1) is 42.3 Å². The molecule has 4 aliphatic rings. The highest BCUT2D eigenvalue weighted by molar-refractivity contribution is 6.72. The number of allylic oxidation sites excluding steroid dienone is 3. The molecular formula is C41H53FN4O5Si. The van der Waals surface area contributed by atoms with Crippen LogP contribution in [-0.2, 0) is 24.7 Å². The average molecular weight is 729 g/mol. The number of carbonyl (C=O) groups is 3. The molecule has 2 fully saturated rings. The van der Waals surface area contributed by atoms with E-state index in [0.29, 0.717) is 36.4 Å². The van der Waals surface area contributed by atoms with Crippen molar-refractivity contribution in [2.75, 3.05) is 29.6 Å². The van der Waals surface area contributed by atoms with E-state index in [9.17, 15) is 19.5 Å². The van der Waals surface area contributed by atoms with E-state index >= 15 is 4.11 Å². The first-order chi connectivity index (χ1) is 24.8. The van der Waals surface area contributed by atoms with Gasteiger partial charge in [-0.15, -0.1) is 0 Å². The number of aliphatic hydroxyl groups excluding tert-OH is 1. The zero-order valence-corrected chi connectivity index (χ0v) is 32.4. The van der Waals surface area contributed by atoms with E-state index in [1.807, 2.05) is 55.5 Å². The van der Waals surface area contributed by atoms with Crippen LogP contribution < -0.4 is 9.91 Å². The fourth-order valence-electron chi connectivity index (χ4n) is 8.72. The van der Waals surface area contributed by atoms with E-state index in [4.69, 9.17) is 9.84 Å². The van der Waals surface area contributed by atoms with Crippen LogP contribution in [0, 0.1) is 5.92 Å². The molecule has 9 nitrogen and oxygen atoms in total. The smallest absolute Gasteiger partial charge is 0.264 e. The van der Waals surface area contributed by atoms with Crippen LogP contribution in [0.5, 0.6) is 0 Å². The van der Waals surface area contributed by atoms with E-state index < -0.39 is 31.6 Å². The van der Waals surface area contributed by atoms with Gasteiger partial charge in [0.15, 0.2) is 5.60 Å². The number of amides is 3. The molecule has 52 heavy (non-hydrogen) atoms. The number of benzene rings is 2. The number of hydrazone groups is 1. The Kier molecular flexibility index (Phi) is 11.1. The lowest BCUT2D eigenvalue weighted by molar-refractivity contribution is -0.149. The molecule has 5 atom stereocenters. The Morgan fingerprint density at radius 3 is 2.54 bits per heavy atom. The van der Waals surface area contributed by atoms with Crippen molar-refractivity contribution in [3.63, 3.8) is 0 Å². The Balaban J connectivity index is 1.42. The molecule has 4 heterocycles. The molecule has 6 rings (SSSR count). The maximum atomic E-state index is 16.5. The molecule has 2 aromatic carbocycles. The molecular weight excluding hydrogens is 676 g/mol. The first-order valence-electron chi connectivity index (χ1n) is 18.7. The number of likely N-dealkylation sites (tertiary alicyclic amines) is 1. The van der Waals surface area contributed by atoms with Crippen LogP contribution in [0.1, 0.15) is 83.8 Å². The largest absolute Gasteiger partial charge is 0.394 e. The van der Waals surface area contributed by atoms with Crippen molar-refractivity contribution in [2.24, 2.45) is 11.0 Å². The maximum Gasteiger partial charge on any atom is 0.264 e. The van der Waals surface area contributed by atoms with Crippen molar-refractivity contribution < 1.29 is 28.3 Å². The summed E-state index contributed by atoms with van der Waals surface area (Å²) in [7, 11) is -3.53. The van der Waals surface area contributed by atoms with Crippen LogP contribution in [0.2, 0.25) is 18.6 Å². The first-order valence-corrected chi connectivity index (χ1v) is 21.7. The number of aliphatic hydroxyl groups is 1. The number of nitrogens with zero attached hydrogens (tertiary/aromatic N) is 4. The van der Waals surface area contributed by atoms with Crippen molar-refractivity contribution in [3.8, 4) is 0 Å². The highest BCUT2D eigenvalue weighted by Crippen LogP contribution is 2.60. The molecule has 0 saturated carbocycles. The summed E-state index contributed by atoms with van der Waals surface area (Å²) >= 11 is 0. The zero-order valence-electron chi connectivity index (χ0n) is 31.4. The van der Waals surface area contributed by atoms with Crippen LogP contribution in [0.25, 0.3) is 0 Å². The SMILES string of the molecule is CC(C)=CCC/C(C)=C/CN1C(=O)[C@]2(O[C@H](CC(=O)N3CCC[C@H]3CO)[C@@H]([Si](C)(C)F)[C@@H]2C)c2cc(N3N=C(c4ccccc4)CCC3=O)ccc21. The summed E-state index contributed by atoms with van der Waals surface area (Å²) in [6.45, 7) is 12.1. The molecule has 4 aliphatic heterocycles. The van der Waals surface area contributed by atoms with E-state index in [2.05, 4.69) is 32.9 Å². The van der Waals surface area contributed by atoms with Crippen molar-refractivity contribution in [3.05, 3.63) is 83.0 Å². The second-order valence-electron chi connectivity index (χ2n) is 15.6. The molecule has 0 unspecified atom stereocenters. The number of rotatable bonds is 11. The number of anilines is 2. The number of carbonyl (C=O) groups excluding carboxylic acids is 3. The third kappa shape index (κ3) is 7.19. The number of hydrogen-bond donors (Lipinski definition) is 1. The van der Waals surface area contributed by atoms with Crippen LogP contribution in [0.3, 0.4) is 0 Å². The van der Waals surface area contributed by atoms with Gasteiger partial charge in [-0.05, 0) is 83.3 Å². The minimum Gasteiger partial charge on any atom is -0.394 e. The van der Waals surface area contributed by atoms with Gasteiger partial charge in [-0.25, -0.2) is 5.01 Å². The molecule has 278 valence electrons. The van der Waals surface area contributed by atoms with E-state index in [-0.39, 0.29) is 43.2 Å². The second kappa shape index (κ2) is 15.2. The third-order valence-corrected chi connectivity index (χ3v) is 13.8. The highest BCUT2D eigenvalue weighted by Gasteiger charge is 2.67. The highest BCUT2D eigenvalue weighted by atomic mass is 28.4. The average Bonchev–Trinajstić information content (AvgIpc) is 3.77. The normalized spacial score (nSPS) is 26.3. The van der Waals surface area contributed by atoms with E-state index in [1.165, 1.54) is 10.6 Å². The third-order valence-electron chi connectivity index (χ3n) is 11.3. The standard InChI is InChI=1S/C41H53FN4O5Si/c1-27(2)12-10-13-28(3)21-23-45-35-19-17-31(46-37(48)20-18-34(43-46)30-14-8-7-9-15-30)24-33(35)41(40(45)50)29(4)39(52(5,6)42)36(51-41)25-38(49)44-22-11-16-32(44)26-47/h7-9,12,14-15,17,19,21,24,29,32,36,39,47H,10-11,13,16,18,20,22-23,25-26H2,1-6H3/b28-21+/t29-,32-,36+,39-,41+/m0/s1. The molecule has 0 aromatic heterocycles. The Labute approximate surface area is 308 Å². The molecule has 0 radical (unpaired) electrons. The number of halogens is 1. The minimum atomic E-state index is -3.53. The summed E-state index contributed by atoms with van der Waals surface area (Å²) in [6.07, 6.45) is 7.41. The summed E-state index contributed by atoms with van der Waals surface area (Å²) in [5.41, 5.74) is 3.63. The van der Waals surface area contributed by atoms with Crippen molar-refractivity contribution in [2.45, 2.75) is 109 Å². The molecule has 1 spiro atoms. The second-order valence-corrected chi connectivity index (χ2v) is 19.4. The van der Waals surface area contributed by atoms with Crippen LogP contribution in [0.15, 0.2) is 76.9 Å². The summed E-state index contributed by atoms with van der Waals surface area (Å²) in [6, 6.07) is 15.0. The Morgan fingerprint density at radius 2 is 1.85 bits per heavy atom. The van der Waals surface area contributed by atoms with Gasteiger partial charge >= 0.3 is 0 Å². The van der Waals surface area contributed by atoms with Gasteiger partial charge in [0, 0.05) is 43.0 Å². The number of hydrogen-bond acceptors (Lipinski definition) is 6. The van der Waals surface area contributed by atoms with Gasteiger partial charge in [0.2, 0.25) is 20.2 Å². The fourth-order valence-corrected chi connectivity index (χ4v) is 11.2. The lowest BCUT2D eigenvalue weighted by Crippen LogP contribution is -2.45. The molecule has 3 amide bonds. The summed E-state index contributed by atoms with van der Waals surface area (Å²) in [5.74, 6) is -1.24. The minimum absolute atomic E-state index is 0.0748. The molecule has 0 aliphatic carbocycles. The first kappa shape index (κ1) is 37.8. The predicted octanol–water partition coefficient (Wildman–Crippen LogP) is 7.41. The van der Waals surface area contributed by atoms with Gasteiger partial charge in [0.1, 0.15) is 0 Å². The van der Waals surface area contributed by atoms with E-state index in [0.717, 1.165) is 42.5 Å². The molecule has 11 heteroatoms. The molecule has 1 N–H and O–H groups in total. The van der Waals surface area contributed by atoms with Crippen molar-refractivity contribution in [1.82, 2.24) is 4.90 Å². The van der Waals surface area contributed by atoms with Crippen molar-refractivity contribution >= 4 is 43.2 Å². The summed E-state index contributed by atoms with van der Waals surface area (Å²) in [4.78, 5) is 45.5. The lowest BCUT2D eigenvalue weighted by atomic mass is 9.82. The van der Waals surface area contributed by atoms with Gasteiger partial charge in [-0.2, -0.15) is 5.10 Å². The zero-order chi connectivity index (χ0) is 37.4. The van der Waals surface area contributed by atoms with Crippen LogP contribution in [-0.4, -0.2) is 73.7 Å². The number of fused-ring (bicyclic) bond motifs is 2. The molecule has 2 saturated heterocycles. The van der Waals surface area contributed by atoms with Gasteiger partial charge in [-0.3, -0.25) is 14.4 Å². The molecule has 2 aromatic rings. The van der Waals surface area contributed by atoms with Gasteiger partial charge in [-0.1, -0.05) is 60.6 Å². The Morgan fingerprint density at radius 1 is 1.10 bits per heavy atom.